The molecule has 1 aromatic carbocycles. The lowest BCUT2D eigenvalue weighted by Gasteiger charge is -2.25. The van der Waals surface area contributed by atoms with Gasteiger partial charge in [-0.05, 0) is 44.2 Å². The average Bonchev–Trinajstić information content (AvgIpc) is 2.39. The molecule has 0 fully saturated rings. The minimum atomic E-state index is -0.620. The van der Waals surface area contributed by atoms with Crippen LogP contribution in [0.15, 0.2) is 48.7 Å². The summed E-state index contributed by atoms with van der Waals surface area (Å²) in [6, 6.07) is 11.1. The van der Waals surface area contributed by atoms with Crippen molar-refractivity contribution in [1.29, 1.82) is 0 Å². The van der Waals surface area contributed by atoms with Gasteiger partial charge in [0.25, 0.3) is 5.91 Å². The SMILES string of the molecule is CC(C)(NC(=O)c1cccc(F)c1)c1ccccn1. The maximum Gasteiger partial charge on any atom is 0.252 e. The second-order valence-electron chi connectivity index (χ2n) is 4.80. The topological polar surface area (TPSA) is 42.0 Å². The van der Waals surface area contributed by atoms with E-state index >= 15 is 0 Å². The molecule has 3 nitrogen and oxygen atoms in total. The van der Waals surface area contributed by atoms with Gasteiger partial charge in [0.2, 0.25) is 0 Å². The molecule has 1 aromatic heterocycles. The van der Waals surface area contributed by atoms with Crippen LogP contribution in [0.25, 0.3) is 0 Å². The molecule has 0 aliphatic carbocycles. The third-order valence-corrected chi connectivity index (χ3v) is 2.82. The summed E-state index contributed by atoms with van der Waals surface area (Å²) in [5.41, 5.74) is 0.425. The van der Waals surface area contributed by atoms with Gasteiger partial charge in [-0.25, -0.2) is 4.39 Å². The van der Waals surface area contributed by atoms with Gasteiger partial charge in [0.1, 0.15) is 5.82 Å². The van der Waals surface area contributed by atoms with Gasteiger partial charge in [-0.15, -0.1) is 0 Å². The minimum absolute atomic E-state index is 0.295. The van der Waals surface area contributed by atoms with Crippen LogP contribution < -0.4 is 5.32 Å². The maximum atomic E-state index is 13.1. The molecule has 2 aromatic rings. The summed E-state index contributed by atoms with van der Waals surface area (Å²) < 4.78 is 13.1. The molecular formula is C15H15FN2O. The molecule has 0 aliphatic heterocycles. The van der Waals surface area contributed by atoms with Gasteiger partial charge in [0.15, 0.2) is 0 Å². The summed E-state index contributed by atoms with van der Waals surface area (Å²) in [5, 5.41) is 2.85. The number of nitrogens with zero attached hydrogens (tertiary/aromatic N) is 1. The summed E-state index contributed by atoms with van der Waals surface area (Å²) in [6.07, 6.45) is 1.67. The number of rotatable bonds is 3. The van der Waals surface area contributed by atoms with Gasteiger partial charge < -0.3 is 5.32 Å². The highest BCUT2D eigenvalue weighted by Crippen LogP contribution is 2.18. The van der Waals surface area contributed by atoms with Gasteiger partial charge in [-0.2, -0.15) is 0 Å². The lowest BCUT2D eigenvalue weighted by Crippen LogP contribution is -2.41. The number of benzene rings is 1. The molecule has 0 saturated carbocycles. The van der Waals surface area contributed by atoms with Crippen molar-refractivity contribution in [1.82, 2.24) is 10.3 Å². The first-order chi connectivity index (χ1) is 8.99. The fourth-order valence-electron chi connectivity index (χ4n) is 1.78. The third-order valence-electron chi connectivity index (χ3n) is 2.82. The van der Waals surface area contributed by atoms with E-state index in [4.69, 9.17) is 0 Å². The normalized spacial score (nSPS) is 11.1. The molecule has 2 rings (SSSR count). The zero-order valence-corrected chi connectivity index (χ0v) is 10.9. The minimum Gasteiger partial charge on any atom is -0.342 e. The Labute approximate surface area is 111 Å². The maximum absolute atomic E-state index is 13.1. The molecule has 1 amide bonds. The van der Waals surface area contributed by atoms with Gasteiger partial charge in [0.05, 0.1) is 11.2 Å². The van der Waals surface area contributed by atoms with Gasteiger partial charge in [0, 0.05) is 11.8 Å². The van der Waals surface area contributed by atoms with E-state index in [0.29, 0.717) is 5.56 Å². The Balaban J connectivity index is 2.19. The largest absolute Gasteiger partial charge is 0.342 e. The van der Waals surface area contributed by atoms with E-state index in [0.717, 1.165) is 5.69 Å². The first-order valence-corrected chi connectivity index (χ1v) is 5.98. The molecule has 0 saturated heterocycles. The highest BCUT2D eigenvalue weighted by Gasteiger charge is 2.24. The third kappa shape index (κ3) is 3.16. The van der Waals surface area contributed by atoms with Gasteiger partial charge in [-0.1, -0.05) is 12.1 Å². The van der Waals surface area contributed by atoms with E-state index < -0.39 is 11.4 Å². The van der Waals surface area contributed by atoms with Crippen molar-refractivity contribution >= 4 is 5.91 Å². The van der Waals surface area contributed by atoms with Crippen LogP contribution in [0.4, 0.5) is 4.39 Å². The summed E-state index contributed by atoms with van der Waals surface area (Å²) >= 11 is 0. The Bertz CT molecular complexity index is 582. The van der Waals surface area contributed by atoms with E-state index in [9.17, 15) is 9.18 Å². The first-order valence-electron chi connectivity index (χ1n) is 5.98. The fourth-order valence-corrected chi connectivity index (χ4v) is 1.78. The number of aromatic nitrogens is 1. The number of carbonyl (C=O) groups is 1. The fraction of sp³-hybridized carbons (Fsp3) is 0.200. The van der Waals surface area contributed by atoms with Crippen LogP contribution in [0.1, 0.15) is 29.9 Å². The van der Waals surface area contributed by atoms with Crippen LogP contribution in [-0.4, -0.2) is 10.9 Å². The Morgan fingerprint density at radius 2 is 2.00 bits per heavy atom. The summed E-state index contributed by atoms with van der Waals surface area (Å²) in [5.74, 6) is -0.751. The number of amides is 1. The Hall–Kier alpha value is -2.23. The zero-order valence-electron chi connectivity index (χ0n) is 10.9. The highest BCUT2D eigenvalue weighted by molar-refractivity contribution is 5.94. The Morgan fingerprint density at radius 1 is 1.21 bits per heavy atom. The quantitative estimate of drug-likeness (QED) is 0.919. The van der Waals surface area contributed by atoms with E-state index in [2.05, 4.69) is 10.3 Å². The summed E-state index contributed by atoms with van der Waals surface area (Å²) in [4.78, 5) is 16.3. The van der Waals surface area contributed by atoms with Crippen molar-refractivity contribution in [2.24, 2.45) is 0 Å². The molecular weight excluding hydrogens is 243 g/mol. The average molecular weight is 258 g/mol. The number of nitrogens with one attached hydrogen (secondary N) is 1. The van der Waals surface area contributed by atoms with Crippen LogP contribution in [0.3, 0.4) is 0 Å². The van der Waals surface area contributed by atoms with Crippen LogP contribution in [0.2, 0.25) is 0 Å². The number of pyridine rings is 1. The standard InChI is InChI=1S/C15H15FN2O/c1-15(2,13-8-3-4-9-17-13)18-14(19)11-6-5-7-12(16)10-11/h3-10H,1-2H3,(H,18,19). The van der Waals surface area contributed by atoms with Crippen LogP contribution in [0, 0.1) is 5.82 Å². The van der Waals surface area contributed by atoms with Crippen molar-refractivity contribution in [3.8, 4) is 0 Å². The highest BCUT2D eigenvalue weighted by atomic mass is 19.1. The molecule has 4 heteroatoms. The van der Waals surface area contributed by atoms with Gasteiger partial charge in [-0.3, -0.25) is 9.78 Å². The van der Waals surface area contributed by atoms with E-state index in [1.165, 1.54) is 18.2 Å². The first kappa shape index (κ1) is 13.2. The predicted octanol–water partition coefficient (Wildman–Crippen LogP) is 2.89. The number of hydrogen-bond acceptors (Lipinski definition) is 2. The molecule has 0 atom stereocenters. The van der Waals surface area contributed by atoms with Crippen molar-refractivity contribution in [3.63, 3.8) is 0 Å². The summed E-state index contributed by atoms with van der Waals surface area (Å²) in [7, 11) is 0. The van der Waals surface area contributed by atoms with Crippen LogP contribution in [-0.2, 0) is 5.54 Å². The van der Waals surface area contributed by atoms with Crippen LogP contribution in [0.5, 0.6) is 0 Å². The number of halogens is 1. The van der Waals surface area contributed by atoms with Crippen LogP contribution >= 0.6 is 0 Å². The molecule has 0 aliphatic rings. The Morgan fingerprint density at radius 3 is 2.63 bits per heavy atom. The van der Waals surface area contributed by atoms with E-state index in [1.54, 1.807) is 12.3 Å². The molecule has 1 N–H and O–H groups in total. The predicted molar refractivity (Wildman–Crippen MR) is 71.1 cm³/mol. The smallest absolute Gasteiger partial charge is 0.252 e. The molecule has 0 radical (unpaired) electrons. The van der Waals surface area contributed by atoms with Crippen molar-refractivity contribution in [2.75, 3.05) is 0 Å². The molecule has 0 bridgehead atoms. The monoisotopic (exact) mass is 258 g/mol. The number of hydrogen-bond donors (Lipinski definition) is 1. The second kappa shape index (κ2) is 5.18. The lowest BCUT2D eigenvalue weighted by atomic mass is 9.99. The van der Waals surface area contributed by atoms with Crippen molar-refractivity contribution in [2.45, 2.75) is 19.4 Å². The lowest BCUT2D eigenvalue weighted by molar-refractivity contribution is 0.0910. The molecule has 0 spiro atoms. The van der Waals surface area contributed by atoms with E-state index in [-0.39, 0.29) is 5.91 Å². The van der Waals surface area contributed by atoms with Crippen molar-refractivity contribution < 1.29 is 9.18 Å². The van der Waals surface area contributed by atoms with E-state index in [1.807, 2.05) is 32.0 Å². The van der Waals surface area contributed by atoms with Gasteiger partial charge >= 0.3 is 0 Å². The Kier molecular flexibility index (Phi) is 3.60. The molecule has 0 unspecified atom stereocenters. The van der Waals surface area contributed by atoms with Crippen molar-refractivity contribution in [3.05, 3.63) is 65.7 Å². The molecule has 98 valence electrons. The molecule has 1 heterocycles. The molecule has 19 heavy (non-hydrogen) atoms. The zero-order chi connectivity index (χ0) is 13.9. The number of carbonyl (C=O) groups excluding carboxylic acids is 1. The summed E-state index contributed by atoms with van der Waals surface area (Å²) in [6.45, 7) is 3.71. The second-order valence-corrected chi connectivity index (χ2v) is 4.80.